The molecule has 4 rings (SSSR count). The van der Waals surface area contributed by atoms with Crippen molar-refractivity contribution in [2.45, 2.75) is 20.8 Å². The molecule has 3 aromatic carbocycles. The van der Waals surface area contributed by atoms with Crippen molar-refractivity contribution >= 4 is 28.4 Å². The minimum absolute atomic E-state index is 1.27. The van der Waals surface area contributed by atoms with Crippen molar-refractivity contribution in [3.05, 3.63) is 77.2 Å². The first-order valence-corrected chi connectivity index (χ1v) is 8.05. The van der Waals surface area contributed by atoms with Gasteiger partial charge in [-0.3, -0.25) is 0 Å². The van der Waals surface area contributed by atoms with Gasteiger partial charge in [0.1, 0.15) is 0 Å². The maximum atomic E-state index is 3.26. The van der Waals surface area contributed by atoms with Crippen molar-refractivity contribution < 1.29 is 0 Å². The molecule has 0 atom stereocenters. The Kier molecular flexibility index (Phi) is 3.30. The zero-order chi connectivity index (χ0) is 16.0. The summed E-state index contributed by atoms with van der Waals surface area (Å²) in [5, 5.41) is 5.16. The molecule has 0 aliphatic carbocycles. The van der Waals surface area contributed by atoms with Crippen LogP contribution in [0.15, 0.2) is 54.6 Å². The molecule has 0 spiro atoms. The third-order valence-corrected chi connectivity index (χ3v) is 4.64. The van der Waals surface area contributed by atoms with Crippen LogP contribution in [0.4, 0.5) is 0 Å². The molecule has 0 N–H and O–H groups in total. The fourth-order valence-corrected chi connectivity index (χ4v) is 3.79. The van der Waals surface area contributed by atoms with Gasteiger partial charge in [-0.05, 0) is 0 Å². The molecule has 23 heavy (non-hydrogen) atoms. The summed E-state index contributed by atoms with van der Waals surface area (Å²) >= 11 is 0. The van der Waals surface area contributed by atoms with E-state index in [1.807, 2.05) is 6.07 Å². The van der Waals surface area contributed by atoms with Crippen molar-refractivity contribution in [2.75, 3.05) is 0 Å². The predicted molar refractivity (Wildman–Crippen MR) is 101 cm³/mol. The number of hydrogen-bond donors (Lipinski definition) is 0. The van der Waals surface area contributed by atoms with Gasteiger partial charge in [-0.1, -0.05) is 0 Å². The summed E-state index contributed by atoms with van der Waals surface area (Å²) in [4.78, 5) is 0. The molecule has 0 saturated heterocycles. The van der Waals surface area contributed by atoms with Crippen LogP contribution in [0.2, 0.25) is 0 Å². The Hall–Kier alpha value is -2.41. The van der Waals surface area contributed by atoms with Crippen LogP contribution in [0.25, 0.3) is 32.6 Å². The van der Waals surface area contributed by atoms with Crippen LogP contribution in [0.1, 0.15) is 16.7 Å². The summed E-state index contributed by atoms with van der Waals surface area (Å²) in [6.07, 6.45) is 0. The molecule has 0 saturated carbocycles. The van der Waals surface area contributed by atoms with E-state index in [0.717, 1.165) is 0 Å². The summed E-state index contributed by atoms with van der Waals surface area (Å²) in [6, 6.07) is 19.7. The van der Waals surface area contributed by atoms with Crippen molar-refractivity contribution in [3.8, 4) is 11.1 Å². The Balaban J connectivity index is 2.25. The molecule has 1 aromatic heterocycles. The molecule has 4 aromatic rings. The van der Waals surface area contributed by atoms with Crippen LogP contribution in [0.3, 0.4) is 0 Å². The molecular formula is C22H18B. The molecule has 1 heteroatoms. The van der Waals surface area contributed by atoms with Crippen LogP contribution in [0.5, 0.6) is 0 Å². The van der Waals surface area contributed by atoms with Gasteiger partial charge in [-0.2, -0.15) is 0 Å². The molecule has 0 fully saturated rings. The topological polar surface area (TPSA) is 0 Å². The second-order valence-electron chi connectivity index (χ2n) is 6.39. The molecule has 0 unspecified atom stereocenters. The molecule has 0 amide bonds. The average Bonchev–Trinajstić information content (AvgIpc) is 2.53. The summed E-state index contributed by atoms with van der Waals surface area (Å²) in [7, 11) is 0. The number of rotatable bonds is 1. The normalized spacial score (nSPS) is 11.1. The van der Waals surface area contributed by atoms with E-state index < -0.39 is 0 Å². The Bertz CT molecular complexity index is 967. The van der Waals surface area contributed by atoms with Gasteiger partial charge in [-0.25, -0.2) is 0 Å². The fraction of sp³-hybridized carbons (Fsp3) is 0.136. The van der Waals surface area contributed by atoms with E-state index in [9.17, 15) is 0 Å². The summed E-state index contributed by atoms with van der Waals surface area (Å²) in [6.45, 7) is 8.72. The summed E-state index contributed by atoms with van der Waals surface area (Å²) in [5.74, 6) is 3.26. The summed E-state index contributed by atoms with van der Waals surface area (Å²) in [5.41, 5.74) is 6.69. The Morgan fingerprint density at radius 3 is 2.30 bits per heavy atom. The Morgan fingerprint density at radius 1 is 0.783 bits per heavy atom. The average molecular weight is 293 g/mol. The first-order valence-electron chi connectivity index (χ1n) is 8.05. The van der Waals surface area contributed by atoms with Gasteiger partial charge in [-0.15, -0.1) is 0 Å². The van der Waals surface area contributed by atoms with Crippen molar-refractivity contribution in [2.24, 2.45) is 0 Å². The molecule has 1 heterocycles. The number of hydrogen-bond acceptors (Lipinski definition) is 0. The molecule has 1 radical (unpaired) electrons. The summed E-state index contributed by atoms with van der Waals surface area (Å²) < 4.78 is 0. The van der Waals surface area contributed by atoms with E-state index in [2.05, 4.69) is 82.2 Å². The van der Waals surface area contributed by atoms with Gasteiger partial charge in [0.2, 0.25) is 0 Å². The maximum absolute atomic E-state index is 3.26. The first kappa shape index (κ1) is 14.2. The van der Waals surface area contributed by atoms with Crippen LogP contribution in [-0.4, -0.2) is 6.91 Å². The van der Waals surface area contributed by atoms with Gasteiger partial charge < -0.3 is 0 Å². The fourth-order valence-electron chi connectivity index (χ4n) is 3.79. The standard InChI is InChI=1S/C22H18B/c1-14-11-15(2)20(16(3)12-14)21-19-9-5-4-7-17(19)13-18-8-6-10-23-22(18)21/h4-9,11-13H,1-3H3. The Morgan fingerprint density at radius 2 is 1.52 bits per heavy atom. The minimum atomic E-state index is 1.27. The van der Waals surface area contributed by atoms with Gasteiger partial charge in [0.15, 0.2) is 0 Å². The van der Waals surface area contributed by atoms with E-state index >= 15 is 0 Å². The third kappa shape index (κ3) is 2.28. The zero-order valence-electron chi connectivity index (χ0n) is 13.8. The Labute approximate surface area is 138 Å². The van der Waals surface area contributed by atoms with E-state index in [1.54, 1.807) is 0 Å². The molecular weight excluding hydrogens is 275 g/mol. The van der Waals surface area contributed by atoms with E-state index in [0.29, 0.717) is 0 Å². The number of fused-ring (bicyclic) bond motifs is 2. The van der Waals surface area contributed by atoms with E-state index in [1.165, 1.54) is 49.3 Å². The molecule has 0 bridgehead atoms. The van der Waals surface area contributed by atoms with Crippen LogP contribution in [-0.2, 0) is 0 Å². The quantitative estimate of drug-likeness (QED) is 0.393. The van der Waals surface area contributed by atoms with Crippen molar-refractivity contribution in [1.29, 1.82) is 0 Å². The van der Waals surface area contributed by atoms with Gasteiger partial charge >= 0.3 is 137 Å². The van der Waals surface area contributed by atoms with Gasteiger partial charge in [0.25, 0.3) is 0 Å². The second kappa shape index (κ2) is 5.35. The molecule has 0 nitrogen and oxygen atoms in total. The van der Waals surface area contributed by atoms with Gasteiger partial charge in [0.05, 0.1) is 0 Å². The molecule has 109 valence electrons. The molecule has 0 aliphatic heterocycles. The number of aryl methyl sites for hydroxylation is 3. The third-order valence-electron chi connectivity index (χ3n) is 4.64. The van der Waals surface area contributed by atoms with Crippen LogP contribution < -0.4 is 0 Å². The van der Waals surface area contributed by atoms with Gasteiger partial charge in [0, 0.05) is 0 Å². The van der Waals surface area contributed by atoms with Crippen molar-refractivity contribution in [1.82, 2.24) is 0 Å². The predicted octanol–water partition coefficient (Wildman–Crippen LogP) is 5.72. The first-order chi connectivity index (χ1) is 11.1. The molecule has 0 aliphatic rings. The second-order valence-corrected chi connectivity index (χ2v) is 6.39. The SMILES string of the molecule is Cc1cc(C)c(-c2c3b[c]ccc3cc3ccccc23)c(C)c1. The monoisotopic (exact) mass is 293 g/mol. The zero-order valence-corrected chi connectivity index (χ0v) is 13.8. The van der Waals surface area contributed by atoms with E-state index in [-0.39, 0.29) is 0 Å². The van der Waals surface area contributed by atoms with Crippen molar-refractivity contribution in [3.63, 3.8) is 0 Å². The van der Waals surface area contributed by atoms with Crippen LogP contribution >= 0.6 is 0 Å². The van der Waals surface area contributed by atoms with E-state index in [4.69, 9.17) is 0 Å². The number of benzene rings is 3. The van der Waals surface area contributed by atoms with Crippen LogP contribution in [0, 0.1) is 26.7 Å².